The fourth-order valence-corrected chi connectivity index (χ4v) is 4.33. The molecule has 1 aromatic heterocycles. The van der Waals surface area contributed by atoms with E-state index in [1.165, 1.54) is 27.8 Å². The molecule has 1 aromatic carbocycles. The van der Waals surface area contributed by atoms with Gasteiger partial charge in [-0.2, -0.15) is 0 Å². The highest BCUT2D eigenvalue weighted by molar-refractivity contribution is 6.30. The monoisotopic (exact) mass is 386 g/mol. The molecule has 2 heterocycles. The molecule has 5 heteroatoms. The Hall–Kier alpha value is -1.84. The van der Waals surface area contributed by atoms with Crippen molar-refractivity contribution < 1.29 is 4.79 Å². The third kappa shape index (κ3) is 3.26. The Morgan fingerprint density at radius 2 is 1.73 bits per heavy atom. The minimum absolute atomic E-state index is 0.142. The van der Waals surface area contributed by atoms with Crippen molar-refractivity contribution in [3.05, 3.63) is 68.5 Å². The van der Waals surface area contributed by atoms with Crippen LogP contribution in [0.15, 0.2) is 35.9 Å². The van der Waals surface area contributed by atoms with Gasteiger partial charge in [-0.15, -0.1) is 0 Å². The first kappa shape index (κ1) is 17.6. The summed E-state index contributed by atoms with van der Waals surface area (Å²) in [5.41, 5.74) is 7.21. The van der Waals surface area contributed by atoms with Gasteiger partial charge in [-0.25, -0.2) is 4.98 Å². The molecule has 0 spiro atoms. The zero-order chi connectivity index (χ0) is 18.3. The molecule has 2 aliphatic rings. The first-order valence-electron chi connectivity index (χ1n) is 8.95. The van der Waals surface area contributed by atoms with Crippen LogP contribution in [-0.4, -0.2) is 28.9 Å². The van der Waals surface area contributed by atoms with E-state index in [0.29, 0.717) is 5.15 Å². The summed E-state index contributed by atoms with van der Waals surface area (Å²) in [5.74, 6) is 0.142. The van der Waals surface area contributed by atoms with E-state index >= 15 is 0 Å². The lowest BCUT2D eigenvalue weighted by Crippen LogP contribution is -2.34. The van der Waals surface area contributed by atoms with Gasteiger partial charge in [0, 0.05) is 30.6 Å². The van der Waals surface area contributed by atoms with Gasteiger partial charge in [0.05, 0.1) is 5.69 Å². The number of carbonyl (C=O) groups is 1. The minimum atomic E-state index is 0.142. The van der Waals surface area contributed by atoms with Gasteiger partial charge in [-0.1, -0.05) is 40.9 Å². The van der Waals surface area contributed by atoms with Crippen LogP contribution in [0.4, 0.5) is 0 Å². The van der Waals surface area contributed by atoms with Crippen LogP contribution in [0.25, 0.3) is 5.57 Å². The fraction of sp³-hybridized carbons (Fsp3) is 0.333. The molecule has 1 fully saturated rings. The molecule has 1 amide bonds. The van der Waals surface area contributed by atoms with Gasteiger partial charge in [0.15, 0.2) is 0 Å². The highest BCUT2D eigenvalue weighted by Gasteiger charge is 2.26. The van der Waals surface area contributed by atoms with Crippen molar-refractivity contribution in [2.75, 3.05) is 13.1 Å². The predicted molar refractivity (Wildman–Crippen MR) is 106 cm³/mol. The molecule has 0 saturated carbocycles. The van der Waals surface area contributed by atoms with Crippen molar-refractivity contribution in [2.45, 2.75) is 32.6 Å². The molecule has 0 bridgehead atoms. The number of fused-ring (bicyclic) bond motifs is 2. The maximum absolute atomic E-state index is 11.7. The average molecular weight is 387 g/mol. The van der Waals surface area contributed by atoms with Crippen molar-refractivity contribution in [3.63, 3.8) is 0 Å². The molecule has 1 aliphatic heterocycles. The Balaban J connectivity index is 1.88. The van der Waals surface area contributed by atoms with E-state index in [9.17, 15) is 4.79 Å². The van der Waals surface area contributed by atoms with E-state index in [1.807, 2.05) is 17.0 Å². The molecule has 1 aliphatic carbocycles. The van der Waals surface area contributed by atoms with E-state index in [0.717, 1.165) is 49.5 Å². The number of rotatable bonds is 0. The second-order valence-corrected chi connectivity index (χ2v) is 7.75. The summed E-state index contributed by atoms with van der Waals surface area (Å²) in [6.45, 7) is 3.15. The van der Waals surface area contributed by atoms with Gasteiger partial charge in [0.2, 0.25) is 5.91 Å². The number of hydrogen-bond donors (Lipinski definition) is 0. The minimum Gasteiger partial charge on any atom is -0.342 e. The van der Waals surface area contributed by atoms with E-state index < -0.39 is 0 Å². The molecular formula is C21H20Cl2N2O. The van der Waals surface area contributed by atoms with Gasteiger partial charge in [0.25, 0.3) is 0 Å². The Kier molecular flexibility index (Phi) is 4.76. The van der Waals surface area contributed by atoms with E-state index in [-0.39, 0.29) is 5.91 Å². The van der Waals surface area contributed by atoms with Crippen molar-refractivity contribution in [1.82, 2.24) is 9.88 Å². The van der Waals surface area contributed by atoms with Crippen molar-refractivity contribution >= 4 is 34.7 Å². The summed E-state index contributed by atoms with van der Waals surface area (Å²) >= 11 is 12.5. The number of piperidine rings is 1. The lowest BCUT2D eigenvalue weighted by Gasteiger charge is -2.29. The Morgan fingerprint density at radius 1 is 1.00 bits per heavy atom. The second-order valence-electron chi connectivity index (χ2n) is 6.93. The van der Waals surface area contributed by atoms with Gasteiger partial charge in [0.1, 0.15) is 5.15 Å². The van der Waals surface area contributed by atoms with Crippen LogP contribution >= 0.6 is 23.2 Å². The molecule has 0 atom stereocenters. The zero-order valence-corrected chi connectivity index (χ0v) is 16.2. The Morgan fingerprint density at radius 3 is 2.46 bits per heavy atom. The number of halogens is 2. The number of benzene rings is 1. The molecule has 0 N–H and O–H groups in total. The number of nitrogens with zero attached hydrogens (tertiary/aromatic N) is 2. The van der Waals surface area contributed by atoms with E-state index in [4.69, 9.17) is 28.2 Å². The van der Waals surface area contributed by atoms with Crippen LogP contribution in [0.3, 0.4) is 0 Å². The van der Waals surface area contributed by atoms with E-state index in [1.54, 1.807) is 6.92 Å². The van der Waals surface area contributed by atoms with Crippen LogP contribution in [-0.2, 0) is 17.6 Å². The third-order valence-electron chi connectivity index (χ3n) is 5.35. The van der Waals surface area contributed by atoms with Gasteiger partial charge in [-0.3, -0.25) is 4.79 Å². The summed E-state index contributed by atoms with van der Waals surface area (Å²) in [7, 11) is 0. The summed E-state index contributed by atoms with van der Waals surface area (Å²) in [5, 5.41) is 1.27. The summed E-state index contributed by atoms with van der Waals surface area (Å²) in [4.78, 5) is 18.3. The topological polar surface area (TPSA) is 33.2 Å². The van der Waals surface area contributed by atoms with Gasteiger partial charge < -0.3 is 4.90 Å². The highest BCUT2D eigenvalue weighted by atomic mass is 35.5. The molecule has 0 unspecified atom stereocenters. The van der Waals surface area contributed by atoms with E-state index in [2.05, 4.69) is 18.2 Å². The largest absolute Gasteiger partial charge is 0.342 e. The number of pyridine rings is 1. The van der Waals surface area contributed by atoms with Crippen molar-refractivity contribution in [3.8, 4) is 0 Å². The second kappa shape index (κ2) is 7.05. The first-order valence-corrected chi connectivity index (χ1v) is 9.70. The molecule has 0 radical (unpaired) electrons. The molecule has 4 rings (SSSR count). The van der Waals surface area contributed by atoms with Crippen molar-refractivity contribution in [2.24, 2.45) is 0 Å². The summed E-state index contributed by atoms with van der Waals surface area (Å²) in [6, 6.07) is 10.1. The zero-order valence-electron chi connectivity index (χ0n) is 14.7. The number of amides is 1. The average Bonchev–Trinajstić information content (AvgIpc) is 2.78. The number of aromatic nitrogens is 1. The smallest absolute Gasteiger partial charge is 0.219 e. The molecule has 3 nitrogen and oxygen atoms in total. The van der Waals surface area contributed by atoms with Crippen LogP contribution in [0.2, 0.25) is 10.2 Å². The SMILES string of the molecule is CC(=O)N1CCC(=C2c3ccc(Cl)cc3CCc3ccc(Cl)nc32)CC1. The maximum atomic E-state index is 11.7. The number of aryl methyl sites for hydroxylation is 2. The quantitative estimate of drug-likeness (QED) is 0.601. The number of hydrogen-bond acceptors (Lipinski definition) is 2. The van der Waals surface area contributed by atoms with Gasteiger partial charge in [-0.05, 0) is 60.6 Å². The van der Waals surface area contributed by atoms with Crippen molar-refractivity contribution in [1.29, 1.82) is 0 Å². The van der Waals surface area contributed by atoms with Crippen LogP contribution < -0.4 is 0 Å². The highest BCUT2D eigenvalue weighted by Crippen LogP contribution is 2.39. The molecule has 2 aromatic rings. The van der Waals surface area contributed by atoms with Gasteiger partial charge >= 0.3 is 0 Å². The number of carbonyl (C=O) groups excluding carboxylic acids is 1. The predicted octanol–water partition coefficient (Wildman–Crippen LogP) is 4.93. The lowest BCUT2D eigenvalue weighted by molar-refractivity contribution is -0.129. The fourth-order valence-electron chi connectivity index (χ4n) is 3.99. The van der Waals surface area contributed by atoms with Crippen LogP contribution in [0.1, 0.15) is 42.1 Å². The normalized spacial score (nSPS) is 16.8. The maximum Gasteiger partial charge on any atom is 0.219 e. The first-order chi connectivity index (χ1) is 12.5. The molecule has 26 heavy (non-hydrogen) atoms. The third-order valence-corrected chi connectivity index (χ3v) is 5.79. The summed E-state index contributed by atoms with van der Waals surface area (Å²) < 4.78 is 0. The Bertz CT molecular complexity index is 910. The lowest BCUT2D eigenvalue weighted by atomic mass is 9.88. The molecule has 1 saturated heterocycles. The molecule has 134 valence electrons. The number of likely N-dealkylation sites (tertiary alicyclic amines) is 1. The molecular weight excluding hydrogens is 367 g/mol. The summed E-state index contributed by atoms with van der Waals surface area (Å²) in [6.07, 6.45) is 3.58. The Labute approximate surface area is 163 Å². The van der Waals surface area contributed by atoms with Crippen LogP contribution in [0, 0.1) is 0 Å². The van der Waals surface area contributed by atoms with Crippen LogP contribution in [0.5, 0.6) is 0 Å². The standard InChI is InChI=1S/C21H20Cl2N2O/c1-13(26)25-10-8-14(9-11-25)20-18-6-5-17(22)12-16(18)3-2-15-4-7-19(23)24-21(15)20/h4-7,12H,2-3,8-11H2,1H3.